The number of hydrogen-bond acceptors (Lipinski definition) is 2. The number of allylic oxidation sites excluding steroid dienone is 2. The topological polar surface area (TPSA) is 47.6 Å². The lowest BCUT2D eigenvalue weighted by Gasteiger charge is -2.11. The van der Waals surface area contributed by atoms with Gasteiger partial charge >= 0.3 is 12.4 Å². The molecule has 0 aliphatic heterocycles. The lowest BCUT2D eigenvalue weighted by Crippen LogP contribution is -2.06. The first-order valence-corrected chi connectivity index (χ1v) is 6.97. The zero-order valence-corrected chi connectivity index (χ0v) is 12.8. The van der Waals surface area contributed by atoms with Crippen molar-refractivity contribution < 1.29 is 26.3 Å². The number of benzene rings is 2. The maximum absolute atomic E-state index is 12.8. The average molecular weight is 366 g/mol. The number of alkyl halides is 6. The molecular formula is C18H8F6N2. The maximum atomic E-state index is 12.8. The summed E-state index contributed by atoms with van der Waals surface area (Å²) in [4.78, 5) is 0. The monoisotopic (exact) mass is 366 g/mol. The van der Waals surface area contributed by atoms with Gasteiger partial charge in [-0.3, -0.25) is 0 Å². The van der Waals surface area contributed by atoms with Crippen LogP contribution in [0.1, 0.15) is 22.3 Å². The van der Waals surface area contributed by atoms with Crippen molar-refractivity contribution in [2.75, 3.05) is 0 Å². The molecule has 2 nitrogen and oxygen atoms in total. The average Bonchev–Trinajstić information content (AvgIpc) is 2.58. The third kappa shape index (κ3) is 4.04. The third-order valence-corrected chi connectivity index (χ3v) is 3.43. The Hall–Kier alpha value is -3.26. The molecule has 0 saturated carbocycles. The minimum absolute atomic E-state index is 0.212. The molecule has 132 valence electrons. The SMILES string of the molecule is N#C/C(=C(/C#N)c1cccc(C(F)(F)F)c1)c1cccc(C(F)(F)F)c1. The highest BCUT2D eigenvalue weighted by Gasteiger charge is 2.32. The standard InChI is InChI=1S/C18H8F6N2/c19-17(20,21)13-5-1-3-11(7-13)15(9-25)16(10-26)12-4-2-6-14(8-12)18(22,23)24/h1-8H/b16-15+. The highest BCUT2D eigenvalue weighted by molar-refractivity contribution is 6.02. The van der Waals surface area contributed by atoms with Gasteiger partial charge < -0.3 is 0 Å². The summed E-state index contributed by atoms with van der Waals surface area (Å²) >= 11 is 0. The van der Waals surface area contributed by atoms with Crippen LogP contribution in [0.2, 0.25) is 0 Å². The molecule has 0 heterocycles. The van der Waals surface area contributed by atoms with Gasteiger partial charge in [0.2, 0.25) is 0 Å². The van der Waals surface area contributed by atoms with Crippen LogP contribution in [0.5, 0.6) is 0 Å². The van der Waals surface area contributed by atoms with E-state index in [9.17, 15) is 36.9 Å². The smallest absolute Gasteiger partial charge is 0.192 e. The van der Waals surface area contributed by atoms with E-state index in [0.717, 1.165) is 24.3 Å². The molecule has 2 aromatic rings. The number of nitriles is 2. The van der Waals surface area contributed by atoms with Crippen LogP contribution >= 0.6 is 0 Å². The Kier molecular flexibility index (Phi) is 5.08. The Labute approximate surface area is 144 Å². The molecule has 0 aromatic heterocycles. The minimum Gasteiger partial charge on any atom is -0.192 e. The largest absolute Gasteiger partial charge is 0.416 e. The van der Waals surface area contributed by atoms with E-state index in [1.165, 1.54) is 12.1 Å². The quantitative estimate of drug-likeness (QED) is 0.390. The second kappa shape index (κ2) is 6.93. The lowest BCUT2D eigenvalue weighted by atomic mass is 9.94. The molecular weight excluding hydrogens is 358 g/mol. The van der Waals surface area contributed by atoms with Crippen molar-refractivity contribution >= 4 is 11.1 Å². The molecule has 0 saturated heterocycles. The second-order valence-corrected chi connectivity index (χ2v) is 5.13. The Bertz CT molecular complexity index is 862. The molecule has 26 heavy (non-hydrogen) atoms. The van der Waals surface area contributed by atoms with E-state index in [1.807, 2.05) is 0 Å². The second-order valence-electron chi connectivity index (χ2n) is 5.13. The van der Waals surface area contributed by atoms with Gasteiger partial charge in [-0.15, -0.1) is 0 Å². The molecule has 0 atom stereocenters. The van der Waals surface area contributed by atoms with Crippen molar-refractivity contribution in [3.05, 3.63) is 70.8 Å². The predicted octanol–water partition coefficient (Wildman–Crippen LogP) is 5.68. The molecule has 2 aromatic carbocycles. The Morgan fingerprint density at radius 3 is 1.27 bits per heavy atom. The molecule has 2 rings (SSSR count). The van der Waals surface area contributed by atoms with Crippen LogP contribution in [0.15, 0.2) is 48.5 Å². The molecule has 0 bridgehead atoms. The lowest BCUT2D eigenvalue weighted by molar-refractivity contribution is -0.138. The van der Waals surface area contributed by atoms with E-state index in [4.69, 9.17) is 0 Å². The zero-order chi connectivity index (χ0) is 19.5. The summed E-state index contributed by atoms with van der Waals surface area (Å²) in [5, 5.41) is 18.6. The van der Waals surface area contributed by atoms with Crippen molar-refractivity contribution in [2.24, 2.45) is 0 Å². The molecule has 8 heteroatoms. The van der Waals surface area contributed by atoms with Crippen LogP contribution < -0.4 is 0 Å². The summed E-state index contributed by atoms with van der Waals surface area (Å²) < 4.78 is 77.0. The van der Waals surface area contributed by atoms with Gasteiger partial charge in [0, 0.05) is 0 Å². The normalized spacial score (nSPS) is 12.8. The highest BCUT2D eigenvalue weighted by atomic mass is 19.4. The van der Waals surface area contributed by atoms with Crippen LogP contribution in [-0.4, -0.2) is 0 Å². The first-order chi connectivity index (χ1) is 12.1. The summed E-state index contributed by atoms with van der Waals surface area (Å²) in [6.07, 6.45) is -9.33. The van der Waals surface area contributed by atoms with Gasteiger partial charge in [0.05, 0.1) is 22.3 Å². The van der Waals surface area contributed by atoms with Gasteiger partial charge in [0.15, 0.2) is 0 Å². The van der Waals surface area contributed by atoms with Crippen LogP contribution in [0.25, 0.3) is 11.1 Å². The number of nitrogens with zero attached hydrogens (tertiary/aromatic N) is 2. The fourth-order valence-corrected chi connectivity index (χ4v) is 2.23. The van der Waals surface area contributed by atoms with Crippen LogP contribution in [0, 0.1) is 22.7 Å². The van der Waals surface area contributed by atoms with Crippen LogP contribution in [0.4, 0.5) is 26.3 Å². The molecule has 0 amide bonds. The summed E-state index contributed by atoms with van der Waals surface area (Å²) in [6, 6.07) is 10.6. The number of rotatable bonds is 2. The highest BCUT2D eigenvalue weighted by Crippen LogP contribution is 2.35. The molecule has 0 aliphatic rings. The predicted molar refractivity (Wildman–Crippen MR) is 80.9 cm³/mol. The van der Waals surface area contributed by atoms with Crippen molar-refractivity contribution in [2.45, 2.75) is 12.4 Å². The fourth-order valence-electron chi connectivity index (χ4n) is 2.23. The van der Waals surface area contributed by atoms with E-state index in [1.54, 1.807) is 12.1 Å². The summed E-state index contributed by atoms with van der Waals surface area (Å²) in [7, 11) is 0. The molecule has 0 radical (unpaired) electrons. The van der Waals surface area contributed by atoms with E-state index in [0.29, 0.717) is 12.1 Å². The van der Waals surface area contributed by atoms with Crippen molar-refractivity contribution in [3.8, 4) is 12.1 Å². The van der Waals surface area contributed by atoms with Crippen molar-refractivity contribution in [1.82, 2.24) is 0 Å². The zero-order valence-electron chi connectivity index (χ0n) is 12.8. The van der Waals surface area contributed by atoms with Crippen molar-refractivity contribution in [1.29, 1.82) is 10.5 Å². The molecule has 0 spiro atoms. The number of hydrogen-bond donors (Lipinski definition) is 0. The van der Waals surface area contributed by atoms with E-state index >= 15 is 0 Å². The van der Waals surface area contributed by atoms with Crippen LogP contribution in [0.3, 0.4) is 0 Å². The third-order valence-electron chi connectivity index (χ3n) is 3.43. The minimum atomic E-state index is -4.67. The van der Waals surface area contributed by atoms with Gasteiger partial charge in [-0.1, -0.05) is 24.3 Å². The Morgan fingerprint density at radius 2 is 1.00 bits per heavy atom. The van der Waals surface area contributed by atoms with Gasteiger partial charge in [-0.2, -0.15) is 36.9 Å². The Morgan fingerprint density at radius 1 is 0.654 bits per heavy atom. The van der Waals surface area contributed by atoms with Gasteiger partial charge in [0.25, 0.3) is 0 Å². The van der Waals surface area contributed by atoms with Gasteiger partial charge in [-0.05, 0) is 35.4 Å². The molecule has 0 fully saturated rings. The van der Waals surface area contributed by atoms with E-state index < -0.39 is 34.6 Å². The molecule has 0 N–H and O–H groups in total. The van der Waals surface area contributed by atoms with Gasteiger partial charge in [0.1, 0.15) is 12.1 Å². The van der Waals surface area contributed by atoms with Crippen molar-refractivity contribution in [3.63, 3.8) is 0 Å². The van der Waals surface area contributed by atoms with E-state index in [-0.39, 0.29) is 11.1 Å². The fraction of sp³-hybridized carbons (Fsp3) is 0.111. The summed E-state index contributed by atoms with van der Waals surface area (Å²) in [5.74, 6) is 0. The Balaban J connectivity index is 2.68. The first-order valence-electron chi connectivity index (χ1n) is 6.97. The van der Waals surface area contributed by atoms with Gasteiger partial charge in [-0.25, -0.2) is 0 Å². The van der Waals surface area contributed by atoms with E-state index in [2.05, 4.69) is 0 Å². The van der Waals surface area contributed by atoms with Crippen LogP contribution in [-0.2, 0) is 12.4 Å². The number of halogens is 6. The summed E-state index contributed by atoms with van der Waals surface area (Å²) in [5.41, 5.74) is -3.39. The first kappa shape index (κ1) is 19.1. The maximum Gasteiger partial charge on any atom is 0.416 e. The molecule has 0 aliphatic carbocycles. The molecule has 0 unspecified atom stereocenters. The summed E-state index contributed by atoms with van der Waals surface area (Å²) in [6.45, 7) is 0.